The SMILES string of the molecule is CCc1nc(S(=O)(=O)NC(=O)c2nc(-c3ccccc3F)oc2C)cn1CC1CC1. The number of hydrogen-bond donors (Lipinski definition) is 1. The van der Waals surface area contributed by atoms with Gasteiger partial charge in [-0.15, -0.1) is 0 Å². The molecule has 0 atom stereocenters. The van der Waals surface area contributed by atoms with E-state index in [9.17, 15) is 17.6 Å². The number of benzene rings is 1. The number of sulfonamides is 1. The number of oxazole rings is 1. The van der Waals surface area contributed by atoms with Gasteiger partial charge in [0.15, 0.2) is 10.7 Å². The number of carbonyl (C=O) groups excluding carboxylic acids is 1. The Balaban J connectivity index is 1.58. The second kappa shape index (κ2) is 7.67. The van der Waals surface area contributed by atoms with Crippen LogP contribution in [0.3, 0.4) is 0 Å². The van der Waals surface area contributed by atoms with Gasteiger partial charge in [0.05, 0.1) is 5.56 Å². The maximum Gasteiger partial charge on any atom is 0.287 e. The van der Waals surface area contributed by atoms with Crippen LogP contribution in [0.2, 0.25) is 0 Å². The van der Waals surface area contributed by atoms with Crippen molar-refractivity contribution in [3.63, 3.8) is 0 Å². The topological polar surface area (TPSA) is 107 Å². The molecule has 0 aliphatic heterocycles. The van der Waals surface area contributed by atoms with Crippen LogP contribution in [0.25, 0.3) is 11.5 Å². The molecule has 0 saturated heterocycles. The molecule has 2 heterocycles. The van der Waals surface area contributed by atoms with Gasteiger partial charge in [-0.2, -0.15) is 8.42 Å². The quantitative estimate of drug-likeness (QED) is 0.615. The van der Waals surface area contributed by atoms with E-state index in [1.54, 1.807) is 6.07 Å². The maximum atomic E-state index is 14.0. The fourth-order valence-corrected chi connectivity index (χ4v) is 4.09. The van der Waals surface area contributed by atoms with E-state index in [4.69, 9.17) is 4.42 Å². The molecule has 1 saturated carbocycles. The number of hydrogen-bond acceptors (Lipinski definition) is 6. The molecule has 30 heavy (non-hydrogen) atoms. The van der Waals surface area contributed by atoms with Gasteiger partial charge in [0, 0.05) is 19.2 Å². The van der Waals surface area contributed by atoms with Crippen molar-refractivity contribution in [3.05, 3.63) is 53.6 Å². The molecule has 4 rings (SSSR count). The maximum absolute atomic E-state index is 14.0. The Morgan fingerprint density at radius 3 is 2.70 bits per heavy atom. The molecule has 158 valence electrons. The first-order valence-corrected chi connectivity index (χ1v) is 11.1. The minimum Gasteiger partial charge on any atom is -0.440 e. The molecule has 1 aliphatic carbocycles. The Hall–Kier alpha value is -3.01. The van der Waals surface area contributed by atoms with Crippen molar-refractivity contribution >= 4 is 15.9 Å². The van der Waals surface area contributed by atoms with E-state index in [2.05, 4.69) is 9.97 Å². The lowest BCUT2D eigenvalue weighted by Gasteiger charge is -2.03. The highest BCUT2D eigenvalue weighted by Gasteiger charge is 2.28. The summed E-state index contributed by atoms with van der Waals surface area (Å²) in [5.41, 5.74) is -0.154. The first kappa shape index (κ1) is 20.3. The number of aromatic nitrogens is 3. The lowest BCUT2D eigenvalue weighted by atomic mass is 10.2. The summed E-state index contributed by atoms with van der Waals surface area (Å²) >= 11 is 0. The Morgan fingerprint density at radius 2 is 2.03 bits per heavy atom. The van der Waals surface area contributed by atoms with Gasteiger partial charge in [-0.25, -0.2) is 19.1 Å². The van der Waals surface area contributed by atoms with E-state index >= 15 is 0 Å². The van der Waals surface area contributed by atoms with Crippen LogP contribution in [0.1, 0.15) is 41.8 Å². The van der Waals surface area contributed by atoms with E-state index < -0.39 is 21.7 Å². The number of rotatable bonds is 7. The van der Waals surface area contributed by atoms with E-state index in [0.29, 0.717) is 24.7 Å². The molecular weight excluding hydrogens is 411 g/mol. The zero-order valence-corrected chi connectivity index (χ0v) is 17.4. The van der Waals surface area contributed by atoms with E-state index in [1.807, 2.05) is 16.2 Å². The Bertz CT molecular complexity index is 1210. The summed E-state index contributed by atoms with van der Waals surface area (Å²) in [5.74, 6) is -0.358. The molecule has 1 aliphatic rings. The standard InChI is InChI=1S/C20H21FN4O4S/c1-3-16-22-17(11-25(16)10-13-8-9-13)30(27,28)24-19(26)18-12(2)29-20(23-18)14-6-4-5-7-15(14)21/h4-7,11,13H,3,8-10H2,1-2H3,(H,24,26). The molecule has 8 nitrogen and oxygen atoms in total. The first-order valence-electron chi connectivity index (χ1n) is 9.64. The highest BCUT2D eigenvalue weighted by atomic mass is 32.2. The minimum atomic E-state index is -4.20. The second-order valence-electron chi connectivity index (χ2n) is 7.28. The van der Waals surface area contributed by atoms with Crippen molar-refractivity contribution in [2.45, 2.75) is 44.7 Å². The van der Waals surface area contributed by atoms with Crippen LogP contribution in [0.5, 0.6) is 0 Å². The van der Waals surface area contributed by atoms with E-state index in [0.717, 1.165) is 12.8 Å². The third-order valence-corrected chi connectivity index (χ3v) is 6.12. The lowest BCUT2D eigenvalue weighted by molar-refractivity contribution is 0.0975. The monoisotopic (exact) mass is 432 g/mol. The van der Waals surface area contributed by atoms with Crippen molar-refractivity contribution in [1.82, 2.24) is 19.3 Å². The van der Waals surface area contributed by atoms with Gasteiger partial charge in [-0.05, 0) is 37.8 Å². The predicted molar refractivity (Wildman–Crippen MR) is 106 cm³/mol. The van der Waals surface area contributed by atoms with Crippen LogP contribution in [-0.2, 0) is 23.0 Å². The molecule has 1 fully saturated rings. The molecular formula is C20H21FN4O4S. The number of imidazole rings is 1. The molecule has 1 aromatic carbocycles. The number of aryl methyl sites for hydroxylation is 2. The zero-order valence-electron chi connectivity index (χ0n) is 16.6. The van der Waals surface area contributed by atoms with Crippen molar-refractivity contribution < 1.29 is 22.0 Å². The number of nitrogens with one attached hydrogen (secondary N) is 1. The number of amides is 1. The van der Waals surface area contributed by atoms with Gasteiger partial charge in [-0.3, -0.25) is 4.79 Å². The smallest absolute Gasteiger partial charge is 0.287 e. The molecule has 0 radical (unpaired) electrons. The Kier molecular flexibility index (Phi) is 5.19. The average molecular weight is 432 g/mol. The summed E-state index contributed by atoms with van der Waals surface area (Å²) in [6.07, 6.45) is 4.27. The molecule has 10 heteroatoms. The summed E-state index contributed by atoms with van der Waals surface area (Å²) in [6, 6.07) is 5.81. The molecule has 3 aromatic rings. The van der Waals surface area contributed by atoms with E-state index in [1.165, 1.54) is 31.3 Å². The van der Waals surface area contributed by atoms with Gasteiger partial charge < -0.3 is 8.98 Å². The van der Waals surface area contributed by atoms with Crippen molar-refractivity contribution in [2.75, 3.05) is 0 Å². The normalized spacial score (nSPS) is 14.1. The number of nitrogens with zero attached hydrogens (tertiary/aromatic N) is 3. The van der Waals surface area contributed by atoms with Crippen LogP contribution < -0.4 is 4.72 Å². The number of carbonyl (C=O) groups is 1. The average Bonchev–Trinajstić information content (AvgIpc) is 3.27. The van der Waals surface area contributed by atoms with Crippen LogP contribution in [0.4, 0.5) is 4.39 Å². The minimum absolute atomic E-state index is 0.0777. The summed E-state index contributed by atoms with van der Waals surface area (Å²) in [6.45, 7) is 4.07. The molecule has 0 unspecified atom stereocenters. The molecule has 1 amide bonds. The Labute approximate surface area is 173 Å². The summed E-state index contributed by atoms with van der Waals surface area (Å²) < 4.78 is 48.6. The van der Waals surface area contributed by atoms with Gasteiger partial charge in [0.1, 0.15) is 17.4 Å². The van der Waals surface area contributed by atoms with Crippen molar-refractivity contribution in [3.8, 4) is 11.5 Å². The number of halogens is 1. The highest BCUT2D eigenvalue weighted by molar-refractivity contribution is 7.90. The highest BCUT2D eigenvalue weighted by Crippen LogP contribution is 2.31. The van der Waals surface area contributed by atoms with Crippen LogP contribution >= 0.6 is 0 Å². The van der Waals surface area contributed by atoms with Gasteiger partial charge in [-0.1, -0.05) is 19.1 Å². The Morgan fingerprint density at radius 1 is 1.30 bits per heavy atom. The summed E-state index contributed by atoms with van der Waals surface area (Å²) in [4.78, 5) is 20.8. The lowest BCUT2D eigenvalue weighted by Crippen LogP contribution is -2.31. The van der Waals surface area contributed by atoms with E-state index in [-0.39, 0.29) is 27.9 Å². The fourth-order valence-electron chi connectivity index (χ4n) is 3.16. The van der Waals surface area contributed by atoms with Crippen LogP contribution in [-0.4, -0.2) is 28.9 Å². The summed E-state index contributed by atoms with van der Waals surface area (Å²) in [7, 11) is -4.20. The fraction of sp³-hybridized carbons (Fsp3) is 0.350. The third kappa shape index (κ3) is 4.00. The first-order chi connectivity index (χ1) is 14.3. The largest absolute Gasteiger partial charge is 0.440 e. The molecule has 0 spiro atoms. The molecule has 0 bridgehead atoms. The molecule has 1 N–H and O–H groups in total. The third-order valence-electron chi connectivity index (χ3n) is 4.92. The van der Waals surface area contributed by atoms with Crippen LogP contribution in [0, 0.1) is 18.7 Å². The van der Waals surface area contributed by atoms with Gasteiger partial charge in [0.2, 0.25) is 5.89 Å². The van der Waals surface area contributed by atoms with Crippen LogP contribution in [0.15, 0.2) is 39.9 Å². The van der Waals surface area contributed by atoms with Crippen molar-refractivity contribution in [2.24, 2.45) is 5.92 Å². The zero-order chi connectivity index (χ0) is 21.5. The predicted octanol–water partition coefficient (Wildman–Crippen LogP) is 3.08. The van der Waals surface area contributed by atoms with Gasteiger partial charge >= 0.3 is 0 Å². The summed E-state index contributed by atoms with van der Waals surface area (Å²) in [5, 5.41) is -0.219. The molecule has 2 aromatic heterocycles. The van der Waals surface area contributed by atoms with Crippen molar-refractivity contribution in [1.29, 1.82) is 0 Å². The van der Waals surface area contributed by atoms with Gasteiger partial charge in [0.25, 0.3) is 15.9 Å². The second-order valence-corrected chi connectivity index (χ2v) is 8.91.